The molecule has 25 heavy (non-hydrogen) atoms. The molecule has 0 amide bonds. The molecule has 0 saturated carbocycles. The van der Waals surface area contributed by atoms with Crippen LogP contribution in [0.25, 0.3) is 11.0 Å². The van der Waals surface area contributed by atoms with Gasteiger partial charge in [0.25, 0.3) is 6.01 Å². The molecule has 1 N–H and O–H groups in total. The van der Waals surface area contributed by atoms with E-state index in [9.17, 15) is 0 Å². The molecule has 0 unspecified atom stereocenters. The van der Waals surface area contributed by atoms with Gasteiger partial charge in [0, 0.05) is 19.6 Å². The van der Waals surface area contributed by atoms with Gasteiger partial charge in [-0.25, -0.2) is 0 Å². The average Bonchev–Trinajstić information content (AvgIpc) is 3.06. The normalized spacial score (nSPS) is 15.4. The summed E-state index contributed by atoms with van der Waals surface area (Å²) in [5.74, 6) is 1.56. The molecule has 4 rings (SSSR count). The Bertz CT molecular complexity index is 777. The molecule has 1 aromatic heterocycles. The van der Waals surface area contributed by atoms with E-state index in [2.05, 4.69) is 14.9 Å². The molecule has 0 spiro atoms. The number of aromatic nitrogens is 2. The summed E-state index contributed by atoms with van der Waals surface area (Å²) in [5.41, 5.74) is 1.85. The molecule has 2 aromatic carbocycles. The summed E-state index contributed by atoms with van der Waals surface area (Å²) in [6.45, 7) is 5.17. The average molecular weight is 339 g/mol. The topological polar surface area (TPSA) is 59.6 Å². The third-order valence-corrected chi connectivity index (χ3v) is 4.19. The quantitative estimate of drug-likeness (QED) is 0.748. The summed E-state index contributed by atoms with van der Waals surface area (Å²) in [6, 6.07) is 15.9. The van der Waals surface area contributed by atoms with Gasteiger partial charge in [-0.15, -0.1) is 0 Å². The lowest BCUT2D eigenvalue weighted by Gasteiger charge is -2.26. The molecule has 130 valence electrons. The predicted octanol–water partition coefficient (Wildman–Crippen LogP) is 3.07. The molecule has 6 heteroatoms. The van der Waals surface area contributed by atoms with Gasteiger partial charge in [-0.1, -0.05) is 12.1 Å². The van der Waals surface area contributed by atoms with Gasteiger partial charge in [-0.05, 0) is 36.4 Å². The van der Waals surface area contributed by atoms with Crippen molar-refractivity contribution in [3.8, 4) is 17.5 Å². The van der Waals surface area contributed by atoms with E-state index >= 15 is 0 Å². The minimum Gasteiger partial charge on any atom is -0.492 e. The van der Waals surface area contributed by atoms with E-state index in [1.807, 2.05) is 48.5 Å². The Hall–Kier alpha value is -2.57. The highest BCUT2D eigenvalue weighted by Gasteiger charge is 2.10. The summed E-state index contributed by atoms with van der Waals surface area (Å²) < 4.78 is 16.9. The van der Waals surface area contributed by atoms with Crippen molar-refractivity contribution in [3.63, 3.8) is 0 Å². The number of H-pyrrole nitrogens is 1. The number of aromatic amines is 1. The van der Waals surface area contributed by atoms with Crippen molar-refractivity contribution < 1.29 is 14.2 Å². The fraction of sp³-hybridized carbons (Fsp3) is 0.316. The third-order valence-electron chi connectivity index (χ3n) is 4.19. The number of hydrogen-bond donors (Lipinski definition) is 1. The molecule has 1 aliphatic heterocycles. The Morgan fingerprint density at radius 2 is 1.76 bits per heavy atom. The van der Waals surface area contributed by atoms with Crippen LogP contribution in [-0.4, -0.2) is 54.3 Å². The maximum Gasteiger partial charge on any atom is 0.300 e. The van der Waals surface area contributed by atoms with Crippen LogP contribution < -0.4 is 9.47 Å². The Labute approximate surface area is 146 Å². The van der Waals surface area contributed by atoms with Crippen molar-refractivity contribution >= 4 is 11.0 Å². The van der Waals surface area contributed by atoms with Crippen LogP contribution in [0.5, 0.6) is 17.5 Å². The van der Waals surface area contributed by atoms with E-state index in [-0.39, 0.29) is 0 Å². The van der Waals surface area contributed by atoms with Crippen molar-refractivity contribution in [3.05, 3.63) is 48.5 Å². The maximum absolute atomic E-state index is 5.80. The standard InChI is InChI=1S/C19H21N3O3/c1-2-4-18-17(3-1)20-19(21-18)25-16-7-5-15(6-8-16)24-14-11-22-9-12-23-13-10-22/h1-8H,9-14H2,(H,20,21). The number of imidazole rings is 1. The van der Waals surface area contributed by atoms with Gasteiger partial charge in [-0.3, -0.25) is 4.90 Å². The number of rotatable bonds is 6. The predicted molar refractivity (Wildman–Crippen MR) is 95.4 cm³/mol. The van der Waals surface area contributed by atoms with Crippen LogP contribution in [0.4, 0.5) is 0 Å². The highest BCUT2D eigenvalue weighted by Crippen LogP contribution is 2.24. The van der Waals surface area contributed by atoms with Crippen molar-refractivity contribution in [2.75, 3.05) is 39.5 Å². The number of morpholine rings is 1. The molecule has 0 radical (unpaired) electrons. The second-order valence-corrected chi connectivity index (χ2v) is 5.94. The zero-order valence-electron chi connectivity index (χ0n) is 14.0. The fourth-order valence-corrected chi connectivity index (χ4v) is 2.81. The Kier molecular flexibility index (Phi) is 4.81. The lowest BCUT2D eigenvalue weighted by molar-refractivity contribution is 0.0322. The van der Waals surface area contributed by atoms with Crippen LogP contribution in [0.2, 0.25) is 0 Å². The van der Waals surface area contributed by atoms with Crippen LogP contribution >= 0.6 is 0 Å². The summed E-state index contributed by atoms with van der Waals surface area (Å²) >= 11 is 0. The molecule has 0 aliphatic carbocycles. The maximum atomic E-state index is 5.80. The SMILES string of the molecule is c1ccc2[nH]c(Oc3ccc(OCCN4CCOCC4)cc3)nc2c1. The van der Waals surface area contributed by atoms with Crippen LogP contribution in [-0.2, 0) is 4.74 Å². The van der Waals surface area contributed by atoms with Crippen LogP contribution in [0.15, 0.2) is 48.5 Å². The summed E-state index contributed by atoms with van der Waals surface area (Å²) in [5, 5.41) is 0. The largest absolute Gasteiger partial charge is 0.492 e. The number of ether oxygens (including phenoxy) is 3. The third kappa shape index (κ3) is 4.10. The van der Waals surface area contributed by atoms with Gasteiger partial charge in [0.1, 0.15) is 18.1 Å². The van der Waals surface area contributed by atoms with E-state index in [0.29, 0.717) is 12.6 Å². The molecule has 1 saturated heterocycles. The van der Waals surface area contributed by atoms with Gasteiger partial charge >= 0.3 is 0 Å². The molecule has 1 aliphatic rings. The lowest BCUT2D eigenvalue weighted by atomic mass is 10.3. The summed E-state index contributed by atoms with van der Waals surface area (Å²) in [4.78, 5) is 9.91. The minimum atomic E-state index is 0.488. The highest BCUT2D eigenvalue weighted by molar-refractivity contribution is 5.75. The minimum absolute atomic E-state index is 0.488. The Morgan fingerprint density at radius 1 is 1.00 bits per heavy atom. The summed E-state index contributed by atoms with van der Waals surface area (Å²) in [7, 11) is 0. The lowest BCUT2D eigenvalue weighted by Crippen LogP contribution is -2.38. The van der Waals surface area contributed by atoms with E-state index in [0.717, 1.165) is 55.4 Å². The smallest absolute Gasteiger partial charge is 0.300 e. The van der Waals surface area contributed by atoms with Gasteiger partial charge in [0.05, 0.1) is 24.2 Å². The van der Waals surface area contributed by atoms with Gasteiger partial charge < -0.3 is 19.2 Å². The van der Waals surface area contributed by atoms with Crippen molar-refractivity contribution in [1.29, 1.82) is 0 Å². The van der Waals surface area contributed by atoms with Crippen molar-refractivity contribution in [2.45, 2.75) is 0 Å². The molecule has 6 nitrogen and oxygen atoms in total. The number of para-hydroxylation sites is 2. The first-order valence-electron chi connectivity index (χ1n) is 8.52. The Balaban J connectivity index is 1.30. The highest BCUT2D eigenvalue weighted by atomic mass is 16.5. The van der Waals surface area contributed by atoms with Gasteiger partial charge in [0.2, 0.25) is 0 Å². The summed E-state index contributed by atoms with van der Waals surface area (Å²) in [6.07, 6.45) is 0. The number of benzene rings is 2. The zero-order valence-corrected chi connectivity index (χ0v) is 14.0. The van der Waals surface area contributed by atoms with E-state index < -0.39 is 0 Å². The van der Waals surface area contributed by atoms with Gasteiger partial charge in [0.15, 0.2) is 0 Å². The molecule has 0 bridgehead atoms. The van der Waals surface area contributed by atoms with Crippen LogP contribution in [0, 0.1) is 0 Å². The number of hydrogen-bond acceptors (Lipinski definition) is 5. The van der Waals surface area contributed by atoms with E-state index in [4.69, 9.17) is 14.2 Å². The molecule has 3 aromatic rings. The fourth-order valence-electron chi connectivity index (χ4n) is 2.81. The number of fused-ring (bicyclic) bond motifs is 1. The van der Waals surface area contributed by atoms with Gasteiger partial charge in [-0.2, -0.15) is 4.98 Å². The van der Waals surface area contributed by atoms with Crippen LogP contribution in [0.1, 0.15) is 0 Å². The number of nitrogens with zero attached hydrogens (tertiary/aromatic N) is 2. The second-order valence-electron chi connectivity index (χ2n) is 5.94. The molecular formula is C19H21N3O3. The first kappa shape index (κ1) is 15.9. The van der Waals surface area contributed by atoms with E-state index in [1.54, 1.807) is 0 Å². The van der Waals surface area contributed by atoms with E-state index in [1.165, 1.54) is 0 Å². The van der Waals surface area contributed by atoms with Crippen molar-refractivity contribution in [1.82, 2.24) is 14.9 Å². The molecule has 0 atom stereocenters. The zero-order chi connectivity index (χ0) is 16.9. The van der Waals surface area contributed by atoms with Crippen molar-refractivity contribution in [2.24, 2.45) is 0 Å². The monoisotopic (exact) mass is 339 g/mol. The molecule has 1 fully saturated rings. The molecular weight excluding hydrogens is 318 g/mol. The Morgan fingerprint density at radius 3 is 2.56 bits per heavy atom. The first-order valence-corrected chi connectivity index (χ1v) is 8.52. The van der Waals surface area contributed by atoms with Crippen LogP contribution in [0.3, 0.4) is 0 Å². The first-order chi connectivity index (χ1) is 12.4. The number of nitrogens with one attached hydrogen (secondary N) is 1. The molecule has 2 heterocycles. The second kappa shape index (κ2) is 7.55.